The number of benzene rings is 1. The first-order valence-electron chi connectivity index (χ1n) is 6.37. The summed E-state index contributed by atoms with van der Waals surface area (Å²) in [4.78, 5) is 5.35. The Morgan fingerprint density at radius 2 is 1.86 bits per heavy atom. The third-order valence-electron chi connectivity index (χ3n) is 3.18. The molecule has 0 amide bonds. The zero-order valence-corrected chi connectivity index (χ0v) is 12.5. The molecular weight excluding hydrogens is 299 g/mol. The van der Waals surface area contributed by atoms with Crippen LogP contribution in [-0.4, -0.2) is 4.98 Å². The summed E-state index contributed by atoms with van der Waals surface area (Å²) in [6.45, 7) is 3.81. The third kappa shape index (κ3) is 3.81. The van der Waals surface area contributed by atoms with Crippen molar-refractivity contribution in [2.45, 2.75) is 32.5 Å². The van der Waals surface area contributed by atoms with Crippen LogP contribution in [0.2, 0.25) is 0 Å². The molecule has 7 heteroatoms. The fraction of sp³-hybridized carbons (Fsp3) is 0.357. The molecule has 114 valence electrons. The summed E-state index contributed by atoms with van der Waals surface area (Å²) >= 11 is 1.54. The fourth-order valence-corrected chi connectivity index (χ4v) is 3.15. The van der Waals surface area contributed by atoms with E-state index >= 15 is 0 Å². The van der Waals surface area contributed by atoms with Gasteiger partial charge in [-0.3, -0.25) is 11.3 Å². The van der Waals surface area contributed by atoms with Crippen molar-refractivity contribution in [2.24, 2.45) is 5.84 Å². The van der Waals surface area contributed by atoms with Gasteiger partial charge in [-0.25, -0.2) is 4.98 Å². The molecule has 2 aromatic rings. The van der Waals surface area contributed by atoms with Crippen molar-refractivity contribution in [1.82, 2.24) is 10.4 Å². The van der Waals surface area contributed by atoms with Gasteiger partial charge in [0.2, 0.25) is 0 Å². The van der Waals surface area contributed by atoms with Crippen molar-refractivity contribution < 1.29 is 13.2 Å². The van der Waals surface area contributed by atoms with Crippen LogP contribution in [0.3, 0.4) is 0 Å². The van der Waals surface area contributed by atoms with Crippen molar-refractivity contribution in [3.05, 3.63) is 51.0 Å². The minimum Gasteiger partial charge on any atom is -0.271 e. The summed E-state index contributed by atoms with van der Waals surface area (Å²) < 4.78 is 37.6. The molecule has 0 aliphatic heterocycles. The van der Waals surface area contributed by atoms with E-state index in [1.807, 2.05) is 13.8 Å². The molecule has 1 aromatic heterocycles. The van der Waals surface area contributed by atoms with Crippen LogP contribution < -0.4 is 11.3 Å². The smallest absolute Gasteiger partial charge is 0.271 e. The number of rotatable bonds is 4. The summed E-state index contributed by atoms with van der Waals surface area (Å²) in [5.74, 6) is 5.58. The van der Waals surface area contributed by atoms with E-state index in [0.717, 1.165) is 33.3 Å². The predicted octanol–water partition coefficient (Wildman–Crippen LogP) is 3.53. The van der Waals surface area contributed by atoms with Gasteiger partial charge in [-0.15, -0.1) is 11.3 Å². The molecule has 0 radical (unpaired) electrons. The number of hydrogen-bond acceptors (Lipinski definition) is 4. The molecule has 2 rings (SSSR count). The lowest BCUT2D eigenvalue weighted by molar-refractivity contribution is -0.137. The molecule has 1 unspecified atom stereocenters. The number of thiazole rings is 1. The van der Waals surface area contributed by atoms with Crippen LogP contribution in [0.5, 0.6) is 0 Å². The van der Waals surface area contributed by atoms with Crippen LogP contribution >= 0.6 is 11.3 Å². The average Bonchev–Trinajstić information content (AvgIpc) is 2.74. The molecule has 1 atom stereocenters. The maximum absolute atomic E-state index is 12.5. The van der Waals surface area contributed by atoms with E-state index in [-0.39, 0.29) is 6.04 Å². The minimum absolute atomic E-state index is 0.159. The quantitative estimate of drug-likeness (QED) is 0.670. The van der Waals surface area contributed by atoms with Gasteiger partial charge in [0.25, 0.3) is 0 Å². The number of aryl methyl sites for hydroxylation is 2. The normalized spacial score (nSPS) is 13.4. The van der Waals surface area contributed by atoms with E-state index in [2.05, 4.69) is 10.4 Å². The molecule has 0 aliphatic rings. The van der Waals surface area contributed by atoms with Gasteiger partial charge in [0.05, 0.1) is 22.3 Å². The highest BCUT2D eigenvalue weighted by Gasteiger charge is 2.30. The first kappa shape index (κ1) is 15.9. The van der Waals surface area contributed by atoms with E-state index in [4.69, 9.17) is 5.84 Å². The topological polar surface area (TPSA) is 50.9 Å². The van der Waals surface area contributed by atoms with Crippen molar-refractivity contribution in [3.8, 4) is 0 Å². The Hall–Kier alpha value is -1.44. The monoisotopic (exact) mass is 315 g/mol. The van der Waals surface area contributed by atoms with E-state index < -0.39 is 11.7 Å². The lowest BCUT2D eigenvalue weighted by Gasteiger charge is -2.15. The number of hydrazine groups is 1. The fourth-order valence-electron chi connectivity index (χ4n) is 2.16. The third-order valence-corrected chi connectivity index (χ3v) is 4.36. The number of alkyl halides is 3. The van der Waals surface area contributed by atoms with Crippen molar-refractivity contribution >= 4 is 11.3 Å². The summed E-state index contributed by atoms with van der Waals surface area (Å²) in [5.41, 5.74) is 3.75. The Labute approximate surface area is 125 Å². The lowest BCUT2D eigenvalue weighted by Crippen LogP contribution is -2.29. The molecule has 0 aliphatic carbocycles. The van der Waals surface area contributed by atoms with E-state index in [0.29, 0.717) is 6.42 Å². The highest BCUT2D eigenvalue weighted by atomic mass is 32.1. The van der Waals surface area contributed by atoms with E-state index in [9.17, 15) is 13.2 Å². The number of nitrogens with zero attached hydrogens (tertiary/aromatic N) is 1. The van der Waals surface area contributed by atoms with E-state index in [1.165, 1.54) is 12.1 Å². The molecule has 1 heterocycles. The van der Waals surface area contributed by atoms with E-state index in [1.54, 1.807) is 11.3 Å². The molecule has 0 spiro atoms. The zero-order chi connectivity index (χ0) is 15.6. The van der Waals surface area contributed by atoms with Gasteiger partial charge < -0.3 is 0 Å². The van der Waals surface area contributed by atoms with Crippen molar-refractivity contribution in [3.63, 3.8) is 0 Å². The molecule has 0 fully saturated rings. The Morgan fingerprint density at radius 3 is 2.29 bits per heavy atom. The Kier molecular flexibility index (Phi) is 4.65. The lowest BCUT2D eigenvalue weighted by atomic mass is 10.0. The molecular formula is C14H16F3N3S. The van der Waals surface area contributed by atoms with Crippen LogP contribution in [0.15, 0.2) is 24.3 Å². The Bertz CT molecular complexity index is 605. The number of halogens is 3. The van der Waals surface area contributed by atoms with Crippen molar-refractivity contribution in [2.75, 3.05) is 0 Å². The number of aromatic nitrogens is 1. The number of hydrogen-bond donors (Lipinski definition) is 2. The van der Waals surface area contributed by atoms with Crippen LogP contribution in [0.25, 0.3) is 0 Å². The number of nitrogens with two attached hydrogens (primary N) is 1. The van der Waals surface area contributed by atoms with Gasteiger partial charge >= 0.3 is 6.18 Å². The van der Waals surface area contributed by atoms with Crippen LogP contribution in [0.4, 0.5) is 13.2 Å². The molecule has 0 bridgehead atoms. The first-order valence-corrected chi connectivity index (χ1v) is 7.19. The highest BCUT2D eigenvalue weighted by Crippen LogP contribution is 2.31. The Morgan fingerprint density at radius 1 is 1.24 bits per heavy atom. The first-order chi connectivity index (χ1) is 9.81. The van der Waals surface area contributed by atoms with Crippen LogP contribution in [-0.2, 0) is 12.6 Å². The molecule has 1 aromatic carbocycles. The zero-order valence-electron chi connectivity index (χ0n) is 11.7. The second-order valence-electron chi connectivity index (χ2n) is 4.80. The minimum atomic E-state index is -4.31. The van der Waals surface area contributed by atoms with Gasteiger partial charge in [0.1, 0.15) is 0 Å². The predicted molar refractivity (Wildman–Crippen MR) is 76.8 cm³/mol. The van der Waals surface area contributed by atoms with Crippen molar-refractivity contribution in [1.29, 1.82) is 0 Å². The summed E-state index contributed by atoms with van der Waals surface area (Å²) in [7, 11) is 0. The molecule has 21 heavy (non-hydrogen) atoms. The van der Waals surface area contributed by atoms with Gasteiger partial charge in [-0.05, 0) is 38.0 Å². The number of nitrogens with one attached hydrogen (secondary N) is 1. The molecule has 0 saturated carbocycles. The van der Waals surface area contributed by atoms with Crippen LogP contribution in [0.1, 0.15) is 32.7 Å². The second-order valence-corrected chi connectivity index (χ2v) is 6.04. The molecule has 3 nitrogen and oxygen atoms in total. The molecule has 3 N–H and O–H groups in total. The Balaban J connectivity index is 2.17. The maximum atomic E-state index is 12.5. The summed E-state index contributed by atoms with van der Waals surface area (Å²) in [5, 5.41) is 0.940. The largest absolute Gasteiger partial charge is 0.416 e. The highest BCUT2D eigenvalue weighted by molar-refractivity contribution is 7.11. The standard InChI is InChI=1S/C14H16F3N3S/c1-8-13(21-9(2)19-8)12(20-18)7-10-3-5-11(6-4-10)14(15,16)17/h3-6,12,20H,7,18H2,1-2H3. The average molecular weight is 315 g/mol. The van der Waals surface area contributed by atoms with Gasteiger partial charge in [0.15, 0.2) is 0 Å². The second kappa shape index (κ2) is 6.13. The molecule has 0 saturated heterocycles. The summed E-state index contributed by atoms with van der Waals surface area (Å²) in [6, 6.07) is 4.99. The maximum Gasteiger partial charge on any atom is 0.416 e. The van der Waals surface area contributed by atoms with Gasteiger partial charge in [0, 0.05) is 4.88 Å². The van der Waals surface area contributed by atoms with Crippen LogP contribution in [0, 0.1) is 13.8 Å². The van der Waals surface area contributed by atoms with Gasteiger partial charge in [-0.1, -0.05) is 12.1 Å². The van der Waals surface area contributed by atoms with Gasteiger partial charge in [-0.2, -0.15) is 13.2 Å². The SMILES string of the molecule is Cc1nc(C)c(C(Cc2ccc(C(F)(F)F)cc2)NN)s1. The summed E-state index contributed by atoms with van der Waals surface area (Å²) in [6.07, 6.45) is -3.80.